The van der Waals surface area contributed by atoms with E-state index in [1.165, 1.54) is 4.90 Å². The number of hydrogen-bond donors (Lipinski definition) is 4. The number of alkyl carbamates (subject to hydrolysis) is 1. The van der Waals surface area contributed by atoms with Crippen molar-refractivity contribution in [3.63, 3.8) is 0 Å². The van der Waals surface area contributed by atoms with Crippen molar-refractivity contribution in [1.82, 2.24) is 20.9 Å². The van der Waals surface area contributed by atoms with Crippen LogP contribution in [-0.2, 0) is 36.9 Å². The summed E-state index contributed by atoms with van der Waals surface area (Å²) in [7, 11) is 3.54. The van der Waals surface area contributed by atoms with Crippen LogP contribution in [0.4, 0.5) is 15.3 Å². The number of anilines is 1. The minimum absolute atomic E-state index is 0.0456. The normalized spacial score (nSPS) is 13.3. The van der Waals surface area contributed by atoms with Crippen LogP contribution in [0.15, 0.2) is 54.6 Å². The van der Waals surface area contributed by atoms with E-state index in [0.717, 1.165) is 11.1 Å². The molecule has 0 radical (unpaired) electrons. The van der Waals surface area contributed by atoms with Crippen molar-refractivity contribution in [3.05, 3.63) is 65.7 Å². The van der Waals surface area contributed by atoms with Gasteiger partial charge >= 0.3 is 18.1 Å². The van der Waals surface area contributed by atoms with Gasteiger partial charge in [0.15, 0.2) is 0 Å². The monoisotopic (exact) mass is 710 g/mol. The van der Waals surface area contributed by atoms with E-state index in [1.807, 2.05) is 80.4 Å². The summed E-state index contributed by atoms with van der Waals surface area (Å²) in [5.74, 6) is -1.43. The highest BCUT2D eigenvalue weighted by Gasteiger charge is 2.32. The summed E-state index contributed by atoms with van der Waals surface area (Å²) in [6.07, 6.45) is 0.497. The number of likely N-dealkylation sites (N-methyl/N-ethyl adjacent to an activating group) is 2. The van der Waals surface area contributed by atoms with Gasteiger partial charge in [0.1, 0.15) is 30.3 Å². The molecular formula is C38H58N6O7. The Morgan fingerprint density at radius 1 is 0.843 bits per heavy atom. The Hall–Kier alpha value is -4.65. The van der Waals surface area contributed by atoms with Gasteiger partial charge in [0.05, 0.1) is 0 Å². The first-order chi connectivity index (χ1) is 23.9. The lowest BCUT2D eigenvalue weighted by Crippen LogP contribution is -2.56. The first-order valence-corrected chi connectivity index (χ1v) is 17.5. The number of nitrogens with two attached hydrogens (primary N) is 1. The zero-order valence-corrected chi connectivity index (χ0v) is 31.7. The summed E-state index contributed by atoms with van der Waals surface area (Å²) in [5.41, 5.74) is 7.00. The molecule has 0 spiro atoms. The summed E-state index contributed by atoms with van der Waals surface area (Å²) in [4.78, 5) is 67.4. The van der Waals surface area contributed by atoms with Crippen LogP contribution in [0, 0.1) is 11.8 Å². The number of urea groups is 1. The Morgan fingerprint density at radius 2 is 1.47 bits per heavy atom. The fourth-order valence-corrected chi connectivity index (χ4v) is 5.47. The number of nitrogens with one attached hydrogen (secondary N) is 3. The molecule has 5 N–H and O–H groups in total. The van der Waals surface area contributed by atoms with E-state index in [9.17, 15) is 24.0 Å². The van der Waals surface area contributed by atoms with Gasteiger partial charge in [0.25, 0.3) is 0 Å². The molecule has 282 valence electrons. The Bertz CT molecular complexity index is 1430. The minimum Gasteiger partial charge on any atom is -0.460 e. The highest BCUT2D eigenvalue weighted by molar-refractivity contribution is 5.99. The Labute approximate surface area is 303 Å². The van der Waals surface area contributed by atoms with E-state index in [4.69, 9.17) is 15.2 Å². The molecule has 0 saturated carbocycles. The average Bonchev–Trinajstić information content (AvgIpc) is 3.05. The van der Waals surface area contributed by atoms with Crippen molar-refractivity contribution >= 4 is 35.6 Å². The van der Waals surface area contributed by atoms with Crippen molar-refractivity contribution in [1.29, 1.82) is 0 Å². The number of carbonyl (C=O) groups is 5. The second-order valence-corrected chi connectivity index (χ2v) is 14.4. The summed E-state index contributed by atoms with van der Waals surface area (Å²) >= 11 is 0. The standard InChI is InChI=1S/C38H58N6O7/c1-25(2)31(42-37(49)51-38(5,6)7)33(45)41-30(16-13-22-40-36(39)48)34(46)44(9)29-19-17-27(18-20-29)21-23-43(8)32(26(3)4)35(47)50-24-28-14-11-10-12-15-28/h10-12,14-15,17-20,25-26,30-32H,13,16,21-24H2,1-9H3,(H,41,45)(H,42,49)(H3,39,40,48)/t30?,31?,32-/m0/s1. The quantitative estimate of drug-likeness (QED) is 0.130. The van der Waals surface area contributed by atoms with Gasteiger partial charge in [-0.05, 0) is 82.2 Å². The second kappa shape index (κ2) is 20.3. The number of amides is 5. The largest absolute Gasteiger partial charge is 0.460 e. The number of esters is 1. The number of rotatable bonds is 18. The van der Waals surface area contributed by atoms with E-state index in [1.54, 1.807) is 41.7 Å². The van der Waals surface area contributed by atoms with E-state index in [0.29, 0.717) is 25.1 Å². The highest BCUT2D eigenvalue weighted by Crippen LogP contribution is 2.19. The maximum Gasteiger partial charge on any atom is 0.408 e. The SMILES string of the molecule is CC(C)C(NC(=O)OC(C)(C)C)C(=O)NC(CCCNC(N)=O)C(=O)N(C)c1ccc(CCN(C)[C@H](C(=O)OCc2ccccc2)C(C)C)cc1. The Kier molecular flexibility index (Phi) is 16.9. The van der Waals surface area contributed by atoms with Crippen LogP contribution in [0.3, 0.4) is 0 Å². The maximum absolute atomic E-state index is 13.8. The van der Waals surface area contributed by atoms with Crippen molar-refractivity contribution in [2.24, 2.45) is 17.6 Å². The van der Waals surface area contributed by atoms with Crippen molar-refractivity contribution in [3.8, 4) is 0 Å². The molecule has 0 aliphatic rings. The van der Waals surface area contributed by atoms with Crippen LogP contribution < -0.4 is 26.6 Å². The van der Waals surface area contributed by atoms with Crippen molar-refractivity contribution in [2.45, 2.75) is 98.1 Å². The molecule has 0 aromatic heterocycles. The lowest BCUT2D eigenvalue weighted by molar-refractivity contribution is -0.152. The van der Waals surface area contributed by atoms with E-state index >= 15 is 0 Å². The molecule has 2 rings (SSSR count). The second-order valence-electron chi connectivity index (χ2n) is 14.4. The number of hydrogen-bond acceptors (Lipinski definition) is 8. The molecule has 13 heteroatoms. The Morgan fingerprint density at radius 3 is 2.02 bits per heavy atom. The molecule has 0 fully saturated rings. The smallest absolute Gasteiger partial charge is 0.408 e. The van der Waals surface area contributed by atoms with Gasteiger partial charge < -0.3 is 36.1 Å². The third-order valence-corrected chi connectivity index (χ3v) is 8.18. The molecule has 51 heavy (non-hydrogen) atoms. The summed E-state index contributed by atoms with van der Waals surface area (Å²) in [5, 5.41) is 7.93. The predicted molar refractivity (Wildman–Crippen MR) is 198 cm³/mol. The molecular weight excluding hydrogens is 652 g/mol. The number of primary amides is 1. The van der Waals surface area contributed by atoms with Crippen LogP contribution in [-0.4, -0.2) is 85.7 Å². The molecule has 2 aromatic carbocycles. The molecule has 13 nitrogen and oxygen atoms in total. The van der Waals surface area contributed by atoms with Gasteiger partial charge in [0, 0.05) is 25.8 Å². The lowest BCUT2D eigenvalue weighted by atomic mass is 10.0. The predicted octanol–water partition coefficient (Wildman–Crippen LogP) is 4.37. The van der Waals surface area contributed by atoms with Crippen LogP contribution in [0.1, 0.15) is 72.4 Å². The zero-order chi connectivity index (χ0) is 38.3. The summed E-state index contributed by atoms with van der Waals surface area (Å²) in [6, 6.07) is 14.1. The van der Waals surface area contributed by atoms with E-state index in [2.05, 4.69) is 16.0 Å². The molecule has 2 unspecified atom stereocenters. The maximum atomic E-state index is 13.8. The third kappa shape index (κ3) is 15.0. The molecule has 0 heterocycles. The molecule has 3 atom stereocenters. The van der Waals surface area contributed by atoms with Gasteiger partial charge in [-0.1, -0.05) is 70.2 Å². The number of ether oxygens (including phenoxy) is 2. The molecule has 0 aliphatic carbocycles. The van der Waals surface area contributed by atoms with E-state index in [-0.39, 0.29) is 43.3 Å². The fraction of sp³-hybridized carbons (Fsp3) is 0.553. The zero-order valence-electron chi connectivity index (χ0n) is 31.7. The first kappa shape index (κ1) is 42.5. The van der Waals surface area contributed by atoms with E-state index < -0.39 is 41.8 Å². The summed E-state index contributed by atoms with van der Waals surface area (Å²) < 4.78 is 11.0. The number of benzene rings is 2. The topological polar surface area (TPSA) is 172 Å². The minimum atomic E-state index is -0.957. The molecule has 0 saturated heterocycles. The van der Waals surface area contributed by atoms with Gasteiger partial charge in [-0.15, -0.1) is 0 Å². The lowest BCUT2D eigenvalue weighted by Gasteiger charge is -2.29. The van der Waals surface area contributed by atoms with Crippen LogP contribution in [0.5, 0.6) is 0 Å². The van der Waals surface area contributed by atoms with Crippen LogP contribution in [0.2, 0.25) is 0 Å². The average molecular weight is 711 g/mol. The molecule has 5 amide bonds. The third-order valence-electron chi connectivity index (χ3n) is 8.18. The molecule has 2 aromatic rings. The fourth-order valence-electron chi connectivity index (χ4n) is 5.47. The van der Waals surface area contributed by atoms with Crippen LogP contribution in [0.25, 0.3) is 0 Å². The van der Waals surface area contributed by atoms with Crippen LogP contribution >= 0.6 is 0 Å². The van der Waals surface area contributed by atoms with Crippen molar-refractivity contribution < 1.29 is 33.4 Å². The Balaban J connectivity index is 2.10. The molecule has 0 aliphatic heterocycles. The van der Waals surface area contributed by atoms with Gasteiger partial charge in [0.2, 0.25) is 11.8 Å². The van der Waals surface area contributed by atoms with Gasteiger partial charge in [-0.2, -0.15) is 0 Å². The first-order valence-electron chi connectivity index (χ1n) is 17.5. The highest BCUT2D eigenvalue weighted by atomic mass is 16.6. The molecule has 0 bridgehead atoms. The van der Waals surface area contributed by atoms with Gasteiger partial charge in [-0.25, -0.2) is 9.59 Å². The number of carbonyl (C=O) groups excluding carboxylic acids is 5. The van der Waals surface area contributed by atoms with Crippen molar-refractivity contribution in [2.75, 3.05) is 32.1 Å². The van der Waals surface area contributed by atoms with Gasteiger partial charge in [-0.3, -0.25) is 19.3 Å². The number of nitrogens with zero attached hydrogens (tertiary/aromatic N) is 2. The summed E-state index contributed by atoms with van der Waals surface area (Å²) in [6.45, 7) is 13.8.